The van der Waals surface area contributed by atoms with Gasteiger partial charge in [-0.1, -0.05) is 56.3 Å². The number of fused-ring (bicyclic) bond motifs is 5. The van der Waals surface area contributed by atoms with Gasteiger partial charge in [0.2, 0.25) is 17.7 Å². The van der Waals surface area contributed by atoms with Crippen molar-refractivity contribution in [3.63, 3.8) is 0 Å². The van der Waals surface area contributed by atoms with Gasteiger partial charge < -0.3 is 88.8 Å². The lowest BCUT2D eigenvalue weighted by Crippen LogP contribution is -2.53. The lowest BCUT2D eigenvalue weighted by atomic mass is 9.81. The summed E-state index contributed by atoms with van der Waals surface area (Å²) in [6.45, 7) is 13.0. The number of ether oxygens (including phenoxy) is 11. The van der Waals surface area contributed by atoms with E-state index in [1.165, 1.54) is 10.6 Å². The number of nitrogens with two attached hydrogens (primary N) is 1. The van der Waals surface area contributed by atoms with E-state index in [1.807, 2.05) is 37.3 Å². The number of benzene rings is 3. The first-order valence-electron chi connectivity index (χ1n) is 33.5. The van der Waals surface area contributed by atoms with E-state index >= 15 is 4.39 Å². The highest BCUT2D eigenvalue weighted by molar-refractivity contribution is 7.80. The second-order valence-corrected chi connectivity index (χ2v) is 24.7. The van der Waals surface area contributed by atoms with Gasteiger partial charge in [-0.15, -0.1) is 0 Å². The van der Waals surface area contributed by atoms with Gasteiger partial charge in [0.05, 0.1) is 147 Å². The van der Waals surface area contributed by atoms with Crippen LogP contribution in [0.25, 0.3) is 22.3 Å². The van der Waals surface area contributed by atoms with Crippen molar-refractivity contribution in [3.05, 3.63) is 127 Å². The first kappa shape index (κ1) is 75.8. The summed E-state index contributed by atoms with van der Waals surface area (Å²) in [4.78, 5) is 86.9. The van der Waals surface area contributed by atoms with E-state index in [4.69, 9.17) is 62.8 Å². The minimum Gasteiger partial charge on any atom is -0.458 e. The zero-order chi connectivity index (χ0) is 68.9. The molecule has 0 radical (unpaired) electrons. The minimum absolute atomic E-state index is 0.0279. The number of cyclic esters (lactones) is 1. The molecule has 4 heterocycles. The number of carbonyl (C=O) groups is 5. The molecule has 5 atom stereocenters. The number of aryl methyl sites for hydroxylation is 1. The summed E-state index contributed by atoms with van der Waals surface area (Å²) < 4.78 is 77.9. The molecule has 0 spiro atoms. The number of pyridine rings is 2. The zero-order valence-corrected chi connectivity index (χ0v) is 56.7. The maximum atomic E-state index is 15.5. The molecule has 0 bridgehead atoms. The molecule has 7 N–H and O–H groups in total. The number of nitrogens with one attached hydrogen (secondary N) is 4. The van der Waals surface area contributed by atoms with E-state index in [0.29, 0.717) is 187 Å². The van der Waals surface area contributed by atoms with Gasteiger partial charge in [0.15, 0.2) is 5.60 Å². The third kappa shape index (κ3) is 22.3. The van der Waals surface area contributed by atoms with E-state index in [1.54, 1.807) is 44.2 Å². The van der Waals surface area contributed by atoms with Crippen molar-refractivity contribution < 1.29 is 85.6 Å². The zero-order valence-electron chi connectivity index (χ0n) is 55.8. The van der Waals surface area contributed by atoms with Crippen molar-refractivity contribution >= 4 is 59.0 Å². The molecular weight excluding hydrogens is 1280 g/mol. The van der Waals surface area contributed by atoms with Crippen molar-refractivity contribution in [1.82, 2.24) is 25.5 Å². The molecule has 0 saturated heterocycles. The van der Waals surface area contributed by atoms with E-state index in [0.717, 1.165) is 17.5 Å². The van der Waals surface area contributed by atoms with Crippen LogP contribution in [0, 0.1) is 12.7 Å². The predicted octanol–water partition coefficient (Wildman–Crippen LogP) is 5.97. The van der Waals surface area contributed by atoms with Gasteiger partial charge in [-0.25, -0.2) is 19.0 Å². The summed E-state index contributed by atoms with van der Waals surface area (Å²) in [5.41, 5.74) is 9.03. The molecule has 0 saturated carbocycles. The maximum absolute atomic E-state index is 15.5. The monoisotopic (exact) mass is 1370 g/mol. The number of aromatic nitrogens is 2. The Hall–Kier alpha value is -6.99. The number of hydrogen-bond donors (Lipinski definition) is 7. The van der Waals surface area contributed by atoms with Crippen LogP contribution >= 0.6 is 12.6 Å². The second-order valence-electron chi connectivity index (χ2n) is 23.9. The number of carbonyl (C=O) groups excluding carboxylic acids is 5. The number of hydrogen-bond acceptors (Lipinski definition) is 21. The summed E-state index contributed by atoms with van der Waals surface area (Å²) in [6.07, 6.45) is 2.48. The van der Waals surface area contributed by atoms with Crippen molar-refractivity contribution in [1.29, 1.82) is 0 Å². The fourth-order valence-corrected chi connectivity index (χ4v) is 11.7. The molecule has 530 valence electrons. The Morgan fingerprint density at radius 3 is 1.90 bits per heavy atom. The molecule has 97 heavy (non-hydrogen) atoms. The summed E-state index contributed by atoms with van der Waals surface area (Å²) in [6, 6.07) is 16.2. The van der Waals surface area contributed by atoms with Crippen LogP contribution in [-0.2, 0) is 109 Å². The van der Waals surface area contributed by atoms with E-state index in [2.05, 4.69) is 33.9 Å². The Morgan fingerprint density at radius 1 is 0.732 bits per heavy atom. The first-order valence-corrected chi connectivity index (χ1v) is 34.0. The Morgan fingerprint density at radius 2 is 1.32 bits per heavy atom. The average molecular weight is 1370 g/mol. The Balaban J connectivity index is 0.726. The Bertz CT molecular complexity index is 3440. The van der Waals surface area contributed by atoms with Gasteiger partial charge >= 0.3 is 12.1 Å². The highest BCUT2D eigenvalue weighted by Crippen LogP contribution is 2.46. The van der Waals surface area contributed by atoms with Gasteiger partial charge in [-0.05, 0) is 104 Å². The van der Waals surface area contributed by atoms with Crippen LogP contribution in [0.4, 0.5) is 14.9 Å². The van der Waals surface area contributed by atoms with Gasteiger partial charge in [-0.3, -0.25) is 19.2 Å². The SMILES string of the molecule is CC[C@@]1(O)C(=O)OCc2c1cc1n(c2=O)Cc2c-1nc1cc(F)c(C)c3c1c2[C@@H](NC(=O)OCc1ccc(NC(=O)[C@H](CCCCN)NC(=O)[C@H](Cc2ccccc2)NC(=O)CCOCCOCCOCCOCCOCCOCCOCCOCCOCCC(C)S)cc1)CC3. The molecule has 8 rings (SSSR count). The average Bonchev–Trinajstić information content (AvgIpc) is 1.66. The van der Waals surface area contributed by atoms with Crippen LogP contribution in [-0.4, -0.2) is 187 Å². The second kappa shape index (κ2) is 39.6. The molecule has 5 aromatic rings. The van der Waals surface area contributed by atoms with Crippen LogP contribution in [0.2, 0.25) is 0 Å². The minimum atomic E-state index is -2.04. The maximum Gasteiger partial charge on any atom is 0.407 e. The molecule has 2 aromatic heterocycles. The van der Waals surface area contributed by atoms with Crippen molar-refractivity contribution in [2.45, 2.75) is 127 Å². The number of esters is 1. The number of nitrogens with zero attached hydrogens (tertiary/aromatic N) is 2. The quantitative estimate of drug-likeness (QED) is 0.0132. The largest absolute Gasteiger partial charge is 0.458 e. The highest BCUT2D eigenvalue weighted by Gasteiger charge is 2.46. The number of thiol groups is 1. The van der Waals surface area contributed by atoms with Gasteiger partial charge in [0, 0.05) is 53.0 Å². The van der Waals surface area contributed by atoms with E-state index < -0.39 is 64.9 Å². The summed E-state index contributed by atoms with van der Waals surface area (Å²) in [7, 11) is 0. The summed E-state index contributed by atoms with van der Waals surface area (Å²) >= 11 is 4.32. The lowest BCUT2D eigenvalue weighted by Gasteiger charge is -2.31. The normalized spacial score (nSPS) is 16.2. The van der Waals surface area contributed by atoms with Crippen LogP contribution in [0.1, 0.15) is 109 Å². The number of unbranched alkanes of at least 4 members (excludes halogenated alkanes) is 1. The molecule has 27 heteroatoms. The highest BCUT2D eigenvalue weighted by atomic mass is 32.1. The van der Waals surface area contributed by atoms with Crippen LogP contribution < -0.4 is 32.6 Å². The molecule has 3 aliphatic rings. The summed E-state index contributed by atoms with van der Waals surface area (Å²) in [5, 5.41) is 24.1. The van der Waals surface area contributed by atoms with Crippen LogP contribution in [0.3, 0.4) is 0 Å². The number of rotatable bonds is 45. The van der Waals surface area contributed by atoms with E-state index in [-0.39, 0.29) is 76.4 Å². The van der Waals surface area contributed by atoms with Crippen LogP contribution in [0.15, 0.2) is 71.5 Å². The number of halogens is 1. The van der Waals surface area contributed by atoms with Gasteiger partial charge in [0.25, 0.3) is 5.56 Å². The molecule has 1 aliphatic carbocycles. The van der Waals surface area contributed by atoms with Crippen molar-refractivity contribution in [2.24, 2.45) is 5.73 Å². The number of aliphatic hydroxyl groups is 1. The topological polar surface area (TPSA) is 316 Å². The standard InChI is InChI=1S/C70H94FN7O18S/c1-4-70(85)54-41-60-64-52(43-78(60)67(82)53(54)45-95-68(70)83)63-56(18-17-51-47(3)55(71)42-58(75-64)62(51)63)77-69(84)96-44-49-13-15-50(16-14-49)73-65(80)57(12-8-9-21-72)76-66(81)59(40-48-10-6-5-7-11-48)74-61(79)20-23-87-25-27-89-29-31-91-33-35-93-37-39-94-38-36-92-34-32-90-30-28-88-26-24-86-22-19-46(2)97/h5-7,10-11,13-16,41-42,46,56-57,59,85,97H,4,8-9,12,17-40,43-45,72H2,1-3H3,(H,73,80)(H,74,79)(H,76,81)(H,77,84)/t46?,56-,57-,59-,70-/m0/s1. The fraction of sp³-hybridized carbons (Fsp3) is 0.557. The Labute approximate surface area is 570 Å². The molecule has 0 fully saturated rings. The van der Waals surface area contributed by atoms with Crippen molar-refractivity contribution in [3.8, 4) is 11.4 Å². The molecule has 3 aromatic carbocycles. The molecular formula is C70H94FN7O18S. The molecule has 2 aliphatic heterocycles. The van der Waals surface area contributed by atoms with Gasteiger partial charge in [-0.2, -0.15) is 12.6 Å². The molecule has 25 nitrogen and oxygen atoms in total. The Kier molecular flexibility index (Phi) is 30.9. The van der Waals surface area contributed by atoms with Gasteiger partial charge in [0.1, 0.15) is 31.1 Å². The number of alkyl carbamates (subject to hydrolysis) is 1. The first-order chi connectivity index (χ1) is 47.1. The molecule has 1 unspecified atom stereocenters. The third-order valence-electron chi connectivity index (χ3n) is 16.9. The third-order valence-corrected chi connectivity index (χ3v) is 17.2. The number of amides is 4. The number of anilines is 1. The smallest absolute Gasteiger partial charge is 0.407 e. The molecule has 4 amide bonds. The fourth-order valence-electron chi connectivity index (χ4n) is 11.6. The van der Waals surface area contributed by atoms with Crippen molar-refractivity contribution in [2.75, 3.05) is 131 Å². The van der Waals surface area contributed by atoms with Crippen LogP contribution in [0.5, 0.6) is 0 Å². The predicted molar refractivity (Wildman–Crippen MR) is 361 cm³/mol. The van der Waals surface area contributed by atoms with E-state index in [9.17, 15) is 33.9 Å². The summed E-state index contributed by atoms with van der Waals surface area (Å²) in [5.74, 6) is -2.75. The lowest BCUT2D eigenvalue weighted by molar-refractivity contribution is -0.172.